The number of allylic oxidation sites excluding steroid dienone is 1. The van der Waals surface area contributed by atoms with Crippen LogP contribution in [0.5, 0.6) is 5.88 Å². The molecule has 0 aromatic carbocycles. The SMILES string of the molecule is C=C(CCl)c1cc(C)nc(OC)c1. The summed E-state index contributed by atoms with van der Waals surface area (Å²) >= 11 is 5.67. The van der Waals surface area contributed by atoms with Gasteiger partial charge in [0, 0.05) is 17.6 Å². The number of hydrogen-bond acceptors (Lipinski definition) is 2. The molecule has 0 saturated carbocycles. The van der Waals surface area contributed by atoms with Crippen molar-refractivity contribution >= 4 is 17.2 Å². The van der Waals surface area contributed by atoms with Crippen LogP contribution in [0.3, 0.4) is 0 Å². The first-order chi connectivity index (χ1) is 6.17. The average Bonchev–Trinajstić information content (AvgIpc) is 2.15. The van der Waals surface area contributed by atoms with Gasteiger partial charge in [-0.1, -0.05) is 6.58 Å². The van der Waals surface area contributed by atoms with Gasteiger partial charge < -0.3 is 4.74 Å². The Hall–Kier alpha value is -1.02. The lowest BCUT2D eigenvalue weighted by atomic mass is 10.1. The first kappa shape index (κ1) is 10.1. The second-order valence-corrected chi connectivity index (χ2v) is 3.04. The highest BCUT2D eigenvalue weighted by Crippen LogP contribution is 2.19. The molecule has 1 rings (SSSR count). The van der Waals surface area contributed by atoms with Crippen LogP contribution in [-0.2, 0) is 0 Å². The van der Waals surface area contributed by atoms with Crippen molar-refractivity contribution in [3.8, 4) is 5.88 Å². The number of alkyl halides is 1. The zero-order valence-electron chi connectivity index (χ0n) is 7.80. The Morgan fingerprint density at radius 2 is 2.31 bits per heavy atom. The lowest BCUT2D eigenvalue weighted by Gasteiger charge is -2.05. The summed E-state index contributed by atoms with van der Waals surface area (Å²) in [6.45, 7) is 5.75. The summed E-state index contributed by atoms with van der Waals surface area (Å²) in [7, 11) is 1.59. The first-order valence-electron chi connectivity index (χ1n) is 3.94. The monoisotopic (exact) mass is 197 g/mol. The number of aromatic nitrogens is 1. The number of methoxy groups -OCH3 is 1. The third kappa shape index (κ3) is 2.46. The predicted molar refractivity (Wildman–Crippen MR) is 55.3 cm³/mol. The molecule has 0 radical (unpaired) electrons. The van der Waals surface area contributed by atoms with Crippen LogP contribution in [0, 0.1) is 6.92 Å². The molecule has 13 heavy (non-hydrogen) atoms. The molecule has 1 aromatic rings. The van der Waals surface area contributed by atoms with Gasteiger partial charge in [-0.05, 0) is 24.1 Å². The molecule has 0 aliphatic carbocycles. The highest BCUT2D eigenvalue weighted by Gasteiger charge is 2.02. The molecule has 0 fully saturated rings. The molecule has 0 spiro atoms. The van der Waals surface area contributed by atoms with Gasteiger partial charge in [0.2, 0.25) is 5.88 Å². The molecule has 0 atom stereocenters. The maximum atomic E-state index is 5.67. The number of aryl methyl sites for hydroxylation is 1. The Kier molecular flexibility index (Phi) is 3.32. The van der Waals surface area contributed by atoms with E-state index < -0.39 is 0 Å². The Morgan fingerprint density at radius 3 is 2.85 bits per heavy atom. The number of hydrogen-bond donors (Lipinski definition) is 0. The predicted octanol–water partition coefficient (Wildman–Crippen LogP) is 2.65. The van der Waals surface area contributed by atoms with E-state index in [4.69, 9.17) is 16.3 Å². The maximum absolute atomic E-state index is 5.67. The van der Waals surface area contributed by atoms with E-state index in [0.717, 1.165) is 16.8 Å². The van der Waals surface area contributed by atoms with Gasteiger partial charge in [0.05, 0.1) is 7.11 Å². The topological polar surface area (TPSA) is 22.1 Å². The Balaban J connectivity index is 3.08. The maximum Gasteiger partial charge on any atom is 0.213 e. The normalized spacial score (nSPS) is 9.77. The lowest BCUT2D eigenvalue weighted by Crippen LogP contribution is -1.93. The molecule has 1 aromatic heterocycles. The van der Waals surface area contributed by atoms with Crippen molar-refractivity contribution < 1.29 is 4.74 Å². The van der Waals surface area contributed by atoms with Crippen LogP contribution < -0.4 is 4.74 Å². The van der Waals surface area contributed by atoms with Gasteiger partial charge in [0.15, 0.2) is 0 Å². The van der Waals surface area contributed by atoms with Gasteiger partial charge in [0.1, 0.15) is 0 Å². The van der Waals surface area contributed by atoms with Crippen LogP contribution in [0.4, 0.5) is 0 Å². The fraction of sp³-hybridized carbons (Fsp3) is 0.300. The molecule has 3 heteroatoms. The van der Waals surface area contributed by atoms with E-state index in [9.17, 15) is 0 Å². The molecular formula is C10H12ClNO. The molecule has 0 N–H and O–H groups in total. The van der Waals surface area contributed by atoms with Crippen molar-refractivity contribution in [2.24, 2.45) is 0 Å². The van der Waals surface area contributed by atoms with E-state index >= 15 is 0 Å². The molecule has 0 amide bonds. The zero-order valence-corrected chi connectivity index (χ0v) is 8.56. The van der Waals surface area contributed by atoms with Crippen molar-refractivity contribution in [2.45, 2.75) is 6.92 Å². The van der Waals surface area contributed by atoms with Crippen molar-refractivity contribution in [2.75, 3.05) is 13.0 Å². The van der Waals surface area contributed by atoms with E-state index in [1.54, 1.807) is 7.11 Å². The van der Waals surface area contributed by atoms with Gasteiger partial charge in [0.25, 0.3) is 0 Å². The van der Waals surface area contributed by atoms with Crippen LogP contribution in [0.1, 0.15) is 11.3 Å². The van der Waals surface area contributed by atoms with Gasteiger partial charge in [-0.3, -0.25) is 0 Å². The molecular weight excluding hydrogens is 186 g/mol. The minimum atomic E-state index is 0.423. The Morgan fingerprint density at radius 1 is 1.62 bits per heavy atom. The second-order valence-electron chi connectivity index (χ2n) is 2.78. The summed E-state index contributed by atoms with van der Waals surface area (Å²) < 4.78 is 5.04. The highest BCUT2D eigenvalue weighted by atomic mass is 35.5. The van der Waals surface area contributed by atoms with Crippen molar-refractivity contribution in [3.05, 3.63) is 30.0 Å². The van der Waals surface area contributed by atoms with Crippen LogP contribution in [-0.4, -0.2) is 18.0 Å². The fourth-order valence-electron chi connectivity index (χ4n) is 1.02. The third-order valence-electron chi connectivity index (χ3n) is 1.71. The Bertz CT molecular complexity index is 323. The molecule has 2 nitrogen and oxygen atoms in total. The van der Waals surface area contributed by atoms with E-state index in [1.807, 2.05) is 19.1 Å². The number of nitrogens with zero attached hydrogens (tertiary/aromatic N) is 1. The van der Waals surface area contributed by atoms with E-state index in [2.05, 4.69) is 11.6 Å². The molecule has 70 valence electrons. The third-order valence-corrected chi connectivity index (χ3v) is 2.03. The van der Waals surface area contributed by atoms with Crippen LogP contribution >= 0.6 is 11.6 Å². The van der Waals surface area contributed by atoms with Crippen LogP contribution in [0.15, 0.2) is 18.7 Å². The average molecular weight is 198 g/mol. The van der Waals surface area contributed by atoms with Crippen molar-refractivity contribution in [1.29, 1.82) is 0 Å². The number of pyridine rings is 1. The summed E-state index contributed by atoms with van der Waals surface area (Å²) in [5, 5.41) is 0. The van der Waals surface area contributed by atoms with Gasteiger partial charge >= 0.3 is 0 Å². The molecule has 0 unspecified atom stereocenters. The Labute approximate surface area is 83.2 Å². The second kappa shape index (κ2) is 4.28. The summed E-state index contributed by atoms with van der Waals surface area (Å²) in [6, 6.07) is 3.77. The quantitative estimate of drug-likeness (QED) is 0.696. The van der Waals surface area contributed by atoms with Gasteiger partial charge in [-0.25, -0.2) is 4.98 Å². The van der Waals surface area contributed by atoms with Crippen LogP contribution in [0.2, 0.25) is 0 Å². The smallest absolute Gasteiger partial charge is 0.213 e. The van der Waals surface area contributed by atoms with E-state index in [1.165, 1.54) is 0 Å². The minimum absolute atomic E-state index is 0.423. The lowest BCUT2D eigenvalue weighted by molar-refractivity contribution is 0.397. The van der Waals surface area contributed by atoms with Gasteiger partial charge in [-0.15, -0.1) is 11.6 Å². The molecule has 0 aliphatic rings. The molecule has 1 heterocycles. The summed E-state index contributed by atoms with van der Waals surface area (Å²) in [5.74, 6) is 1.02. The minimum Gasteiger partial charge on any atom is -0.481 e. The molecule has 0 aliphatic heterocycles. The highest BCUT2D eigenvalue weighted by molar-refractivity contribution is 6.23. The summed E-state index contributed by atoms with van der Waals surface area (Å²) in [6.07, 6.45) is 0. The largest absolute Gasteiger partial charge is 0.481 e. The first-order valence-corrected chi connectivity index (χ1v) is 4.47. The fourth-order valence-corrected chi connectivity index (χ4v) is 1.18. The number of halogens is 1. The van der Waals surface area contributed by atoms with Crippen LogP contribution in [0.25, 0.3) is 5.57 Å². The molecule has 0 bridgehead atoms. The van der Waals surface area contributed by atoms with Gasteiger partial charge in [-0.2, -0.15) is 0 Å². The van der Waals surface area contributed by atoms with Crippen molar-refractivity contribution in [3.63, 3.8) is 0 Å². The summed E-state index contributed by atoms with van der Waals surface area (Å²) in [4.78, 5) is 4.16. The summed E-state index contributed by atoms with van der Waals surface area (Å²) in [5.41, 5.74) is 2.77. The van der Waals surface area contributed by atoms with E-state index in [-0.39, 0.29) is 0 Å². The van der Waals surface area contributed by atoms with E-state index in [0.29, 0.717) is 11.8 Å². The number of rotatable bonds is 3. The zero-order chi connectivity index (χ0) is 9.84. The molecule has 0 saturated heterocycles. The number of ether oxygens (including phenoxy) is 1. The van der Waals surface area contributed by atoms with Crippen molar-refractivity contribution in [1.82, 2.24) is 4.98 Å². The standard InChI is InChI=1S/C10H12ClNO/c1-7(6-11)9-4-8(2)12-10(5-9)13-3/h4-5H,1,6H2,2-3H3.